The average Bonchev–Trinajstić information content (AvgIpc) is 2.19. The third-order valence-electron chi connectivity index (χ3n) is 1.76. The molecule has 0 aromatic heterocycles. The molecule has 0 amide bonds. The van der Waals surface area contributed by atoms with Crippen molar-refractivity contribution in [2.24, 2.45) is 0 Å². The minimum Gasteiger partial charge on any atom is -0.489 e. The summed E-state index contributed by atoms with van der Waals surface area (Å²) in [6.45, 7) is 6.13. The summed E-state index contributed by atoms with van der Waals surface area (Å²) in [5.74, 6) is 1.21. The maximum Gasteiger partial charge on any atom is 0.120 e. The molecule has 1 rings (SSSR count). The zero-order valence-electron chi connectivity index (χ0n) is 8.02. The SMILES string of the molecule is C=C(CCl)COc1ccc(Cl)c(C)c1. The summed E-state index contributed by atoms with van der Waals surface area (Å²) in [7, 11) is 0. The first-order valence-electron chi connectivity index (χ1n) is 4.25. The molecule has 0 fully saturated rings. The molecule has 1 aromatic rings. The van der Waals surface area contributed by atoms with E-state index in [1.807, 2.05) is 25.1 Å². The second-order valence-electron chi connectivity index (χ2n) is 3.08. The van der Waals surface area contributed by atoms with Gasteiger partial charge in [0.25, 0.3) is 0 Å². The Balaban J connectivity index is 2.60. The molecule has 0 aliphatic heterocycles. The van der Waals surface area contributed by atoms with Crippen LogP contribution in [0.5, 0.6) is 5.75 Å². The molecule has 14 heavy (non-hydrogen) atoms. The van der Waals surface area contributed by atoms with Crippen molar-refractivity contribution in [2.45, 2.75) is 6.92 Å². The van der Waals surface area contributed by atoms with Crippen LogP contribution in [0.2, 0.25) is 5.02 Å². The van der Waals surface area contributed by atoms with E-state index in [1.165, 1.54) is 0 Å². The number of alkyl halides is 1. The number of ether oxygens (including phenoxy) is 1. The Morgan fingerprint density at radius 3 is 2.79 bits per heavy atom. The summed E-state index contributed by atoms with van der Waals surface area (Å²) in [6, 6.07) is 5.54. The van der Waals surface area contributed by atoms with Crippen molar-refractivity contribution in [3.05, 3.63) is 40.9 Å². The van der Waals surface area contributed by atoms with E-state index < -0.39 is 0 Å². The van der Waals surface area contributed by atoms with Gasteiger partial charge in [0.15, 0.2) is 0 Å². The van der Waals surface area contributed by atoms with Gasteiger partial charge >= 0.3 is 0 Å². The Kier molecular flexibility index (Phi) is 4.30. The third kappa shape index (κ3) is 3.24. The highest BCUT2D eigenvalue weighted by Gasteiger charge is 1.99. The van der Waals surface area contributed by atoms with Crippen LogP contribution in [0, 0.1) is 6.92 Å². The van der Waals surface area contributed by atoms with Crippen LogP contribution in [-0.2, 0) is 0 Å². The molecule has 0 saturated heterocycles. The molecule has 0 unspecified atom stereocenters. The van der Waals surface area contributed by atoms with E-state index in [0.29, 0.717) is 12.5 Å². The molecular weight excluding hydrogens is 219 g/mol. The molecule has 0 atom stereocenters. The minimum absolute atomic E-state index is 0.423. The number of benzene rings is 1. The van der Waals surface area contributed by atoms with E-state index in [4.69, 9.17) is 27.9 Å². The molecule has 0 spiro atoms. The van der Waals surface area contributed by atoms with Crippen LogP contribution in [0.3, 0.4) is 0 Å². The van der Waals surface area contributed by atoms with Crippen molar-refractivity contribution in [1.82, 2.24) is 0 Å². The molecule has 0 aliphatic rings. The second-order valence-corrected chi connectivity index (χ2v) is 3.76. The quantitative estimate of drug-likeness (QED) is 0.565. The minimum atomic E-state index is 0.423. The lowest BCUT2D eigenvalue weighted by molar-refractivity contribution is 0.353. The predicted molar refractivity (Wildman–Crippen MR) is 61.5 cm³/mol. The van der Waals surface area contributed by atoms with Crippen molar-refractivity contribution >= 4 is 23.2 Å². The van der Waals surface area contributed by atoms with Crippen LogP contribution in [0.4, 0.5) is 0 Å². The summed E-state index contributed by atoms with van der Waals surface area (Å²) < 4.78 is 5.45. The summed E-state index contributed by atoms with van der Waals surface area (Å²) in [5.41, 5.74) is 1.86. The summed E-state index contributed by atoms with van der Waals surface area (Å²) >= 11 is 11.5. The van der Waals surface area contributed by atoms with Crippen molar-refractivity contribution in [3.63, 3.8) is 0 Å². The molecule has 0 radical (unpaired) electrons. The molecular formula is C11H12Cl2O. The van der Waals surface area contributed by atoms with Crippen LogP contribution < -0.4 is 4.74 Å². The lowest BCUT2D eigenvalue weighted by atomic mass is 10.2. The highest BCUT2D eigenvalue weighted by Crippen LogP contribution is 2.21. The Morgan fingerprint density at radius 1 is 1.50 bits per heavy atom. The number of hydrogen-bond donors (Lipinski definition) is 0. The Hall–Kier alpha value is -0.660. The Morgan fingerprint density at radius 2 is 2.21 bits per heavy atom. The number of hydrogen-bond acceptors (Lipinski definition) is 1. The van der Waals surface area contributed by atoms with Gasteiger partial charge in [0, 0.05) is 10.9 Å². The zero-order chi connectivity index (χ0) is 10.6. The molecule has 1 nitrogen and oxygen atoms in total. The first-order chi connectivity index (χ1) is 6.63. The van der Waals surface area contributed by atoms with Crippen molar-refractivity contribution < 1.29 is 4.74 Å². The van der Waals surface area contributed by atoms with E-state index in [0.717, 1.165) is 21.9 Å². The molecule has 0 N–H and O–H groups in total. The van der Waals surface area contributed by atoms with Crippen LogP contribution in [0.15, 0.2) is 30.4 Å². The highest BCUT2D eigenvalue weighted by atomic mass is 35.5. The maximum atomic E-state index is 5.88. The smallest absolute Gasteiger partial charge is 0.120 e. The van der Waals surface area contributed by atoms with E-state index in [9.17, 15) is 0 Å². The van der Waals surface area contributed by atoms with E-state index in [2.05, 4.69) is 6.58 Å². The van der Waals surface area contributed by atoms with Gasteiger partial charge in [-0.25, -0.2) is 0 Å². The Bertz CT molecular complexity index is 334. The molecule has 76 valence electrons. The Labute approximate surface area is 94.3 Å². The number of rotatable bonds is 4. The fraction of sp³-hybridized carbons (Fsp3) is 0.273. The standard InChI is InChI=1S/C11H12Cl2O/c1-8(6-12)7-14-10-3-4-11(13)9(2)5-10/h3-5H,1,6-7H2,2H3. The lowest BCUT2D eigenvalue weighted by Crippen LogP contribution is -2.01. The first-order valence-corrected chi connectivity index (χ1v) is 5.16. The van der Waals surface area contributed by atoms with Gasteiger partial charge in [0.1, 0.15) is 12.4 Å². The summed E-state index contributed by atoms with van der Waals surface area (Å²) in [5, 5.41) is 0.744. The number of aryl methyl sites for hydroxylation is 1. The topological polar surface area (TPSA) is 9.23 Å². The molecule has 0 heterocycles. The highest BCUT2D eigenvalue weighted by molar-refractivity contribution is 6.31. The van der Waals surface area contributed by atoms with Gasteiger partial charge < -0.3 is 4.74 Å². The van der Waals surface area contributed by atoms with Crippen molar-refractivity contribution in [3.8, 4) is 5.75 Å². The van der Waals surface area contributed by atoms with E-state index in [1.54, 1.807) is 0 Å². The van der Waals surface area contributed by atoms with E-state index in [-0.39, 0.29) is 0 Å². The van der Waals surface area contributed by atoms with Crippen molar-refractivity contribution in [2.75, 3.05) is 12.5 Å². The monoisotopic (exact) mass is 230 g/mol. The van der Waals surface area contributed by atoms with Crippen LogP contribution >= 0.6 is 23.2 Å². The van der Waals surface area contributed by atoms with Gasteiger partial charge in [0.2, 0.25) is 0 Å². The van der Waals surface area contributed by atoms with E-state index >= 15 is 0 Å². The third-order valence-corrected chi connectivity index (χ3v) is 2.56. The van der Waals surface area contributed by atoms with Gasteiger partial charge in [-0.1, -0.05) is 18.2 Å². The molecule has 0 bridgehead atoms. The zero-order valence-corrected chi connectivity index (χ0v) is 9.53. The molecule has 0 saturated carbocycles. The largest absolute Gasteiger partial charge is 0.489 e. The molecule has 0 aliphatic carbocycles. The van der Waals surface area contributed by atoms with Gasteiger partial charge in [-0.15, -0.1) is 11.6 Å². The fourth-order valence-electron chi connectivity index (χ4n) is 0.931. The van der Waals surface area contributed by atoms with Crippen LogP contribution in [-0.4, -0.2) is 12.5 Å². The van der Waals surface area contributed by atoms with Crippen LogP contribution in [0.1, 0.15) is 5.56 Å². The fourth-order valence-corrected chi connectivity index (χ4v) is 1.13. The molecule has 1 aromatic carbocycles. The average molecular weight is 231 g/mol. The maximum absolute atomic E-state index is 5.88. The van der Waals surface area contributed by atoms with Gasteiger partial charge in [-0.3, -0.25) is 0 Å². The van der Waals surface area contributed by atoms with Crippen molar-refractivity contribution in [1.29, 1.82) is 0 Å². The first kappa shape index (κ1) is 11.4. The van der Waals surface area contributed by atoms with Gasteiger partial charge in [-0.2, -0.15) is 0 Å². The van der Waals surface area contributed by atoms with Gasteiger partial charge in [-0.05, 0) is 36.3 Å². The van der Waals surface area contributed by atoms with Crippen LogP contribution in [0.25, 0.3) is 0 Å². The van der Waals surface area contributed by atoms with Gasteiger partial charge in [0.05, 0.1) is 0 Å². The summed E-state index contributed by atoms with van der Waals surface area (Å²) in [4.78, 5) is 0. The number of halogens is 2. The lowest BCUT2D eigenvalue weighted by Gasteiger charge is -2.07. The second kappa shape index (κ2) is 5.28. The predicted octanol–water partition coefficient (Wildman–Crippen LogP) is 3.82. The molecule has 3 heteroatoms. The normalized spacial score (nSPS) is 9.93. The summed E-state index contributed by atoms with van der Waals surface area (Å²) in [6.07, 6.45) is 0.